The first-order valence-electron chi connectivity index (χ1n) is 4.65. The second kappa shape index (κ2) is 2.98. The molecule has 0 aliphatic heterocycles. The van der Waals surface area contributed by atoms with Crippen LogP contribution in [0.15, 0.2) is 42.5 Å². The second-order valence-corrected chi connectivity index (χ2v) is 3.38. The Balaban J connectivity index is 2.55. The molecule has 0 unspecified atom stereocenters. The molecule has 0 bridgehead atoms. The average molecular weight is 198 g/mol. The maximum absolute atomic E-state index is 13.0. The van der Waals surface area contributed by atoms with Gasteiger partial charge in [-0.3, -0.25) is 0 Å². The summed E-state index contributed by atoms with van der Waals surface area (Å²) in [5, 5.41) is 9.95. The highest BCUT2D eigenvalue weighted by Gasteiger charge is 2.02. The first-order chi connectivity index (χ1) is 7.34. The van der Waals surface area contributed by atoms with E-state index in [1.165, 1.54) is 12.1 Å². The molecule has 2 aromatic carbocycles. The van der Waals surface area contributed by atoms with Gasteiger partial charge in [-0.2, -0.15) is 0 Å². The summed E-state index contributed by atoms with van der Waals surface area (Å²) in [6.45, 7) is 0. The highest BCUT2D eigenvalue weighted by atomic mass is 19.1. The van der Waals surface area contributed by atoms with Crippen LogP contribution in [0.4, 0.5) is 4.39 Å². The number of hydrogen-bond donors (Lipinski definition) is 0. The van der Waals surface area contributed by atoms with Gasteiger partial charge < -0.3 is 0 Å². The van der Waals surface area contributed by atoms with Crippen molar-refractivity contribution in [3.8, 4) is 0 Å². The molecule has 0 aliphatic carbocycles. The smallest absolute Gasteiger partial charge is 0.125 e. The van der Waals surface area contributed by atoms with E-state index in [4.69, 9.17) is 0 Å². The van der Waals surface area contributed by atoms with Crippen LogP contribution in [0.1, 0.15) is 0 Å². The van der Waals surface area contributed by atoms with E-state index in [1.54, 1.807) is 6.07 Å². The van der Waals surface area contributed by atoms with Crippen LogP contribution in [0.5, 0.6) is 0 Å². The van der Waals surface area contributed by atoms with Gasteiger partial charge in [-0.15, -0.1) is 10.2 Å². The number of hydrogen-bond acceptors (Lipinski definition) is 2. The van der Waals surface area contributed by atoms with E-state index in [1.807, 2.05) is 24.3 Å². The fourth-order valence-electron chi connectivity index (χ4n) is 1.71. The zero-order chi connectivity index (χ0) is 10.3. The Bertz CT molecular complexity index is 649. The summed E-state index contributed by atoms with van der Waals surface area (Å²) in [6, 6.07) is 12.3. The third kappa shape index (κ3) is 1.24. The number of nitrogens with zero attached hydrogens (tertiary/aromatic N) is 2. The molecule has 72 valence electrons. The lowest BCUT2D eigenvalue weighted by atomic mass is 10.1. The van der Waals surface area contributed by atoms with Gasteiger partial charge in [0.15, 0.2) is 0 Å². The van der Waals surface area contributed by atoms with Gasteiger partial charge in [0.25, 0.3) is 0 Å². The van der Waals surface area contributed by atoms with Crippen molar-refractivity contribution in [3.05, 3.63) is 48.3 Å². The van der Waals surface area contributed by atoms with Gasteiger partial charge in [0.1, 0.15) is 5.82 Å². The van der Waals surface area contributed by atoms with Crippen molar-refractivity contribution in [2.24, 2.45) is 0 Å². The molecule has 0 spiro atoms. The predicted octanol–water partition coefficient (Wildman–Crippen LogP) is 2.92. The Kier molecular flexibility index (Phi) is 1.65. The van der Waals surface area contributed by atoms with E-state index in [0.29, 0.717) is 5.52 Å². The minimum atomic E-state index is -0.285. The molecular weight excluding hydrogens is 191 g/mol. The van der Waals surface area contributed by atoms with Gasteiger partial charge in [-0.1, -0.05) is 18.2 Å². The van der Waals surface area contributed by atoms with Gasteiger partial charge in [0.2, 0.25) is 0 Å². The standard InChI is InChI=1S/C12H7FN2/c13-8-5-6-10-9-3-1-2-4-11(9)14-15-12(10)7-8/h1-7H. The maximum atomic E-state index is 13.0. The first-order valence-corrected chi connectivity index (χ1v) is 4.65. The molecule has 0 saturated carbocycles. The summed E-state index contributed by atoms with van der Waals surface area (Å²) in [5.41, 5.74) is 1.42. The number of rotatable bonds is 0. The zero-order valence-electron chi connectivity index (χ0n) is 7.81. The van der Waals surface area contributed by atoms with Crippen molar-refractivity contribution in [1.82, 2.24) is 10.2 Å². The lowest BCUT2D eigenvalue weighted by Crippen LogP contribution is -1.87. The third-order valence-electron chi connectivity index (χ3n) is 2.42. The van der Waals surface area contributed by atoms with Gasteiger partial charge in [0, 0.05) is 16.8 Å². The molecule has 0 N–H and O–H groups in total. The minimum Gasteiger partial charge on any atom is -0.207 e. The lowest BCUT2D eigenvalue weighted by Gasteiger charge is -2.00. The molecule has 3 rings (SSSR count). The Hall–Kier alpha value is -2.03. The molecule has 0 amide bonds. The summed E-state index contributed by atoms with van der Waals surface area (Å²) in [4.78, 5) is 0. The molecule has 0 aliphatic rings. The molecule has 3 heteroatoms. The van der Waals surface area contributed by atoms with Crippen LogP contribution in [0.2, 0.25) is 0 Å². The molecule has 0 saturated heterocycles. The summed E-state index contributed by atoms with van der Waals surface area (Å²) in [5.74, 6) is -0.285. The maximum Gasteiger partial charge on any atom is 0.125 e. The summed E-state index contributed by atoms with van der Waals surface area (Å²) >= 11 is 0. The number of benzene rings is 2. The number of fused-ring (bicyclic) bond motifs is 3. The Morgan fingerprint density at radius 3 is 2.47 bits per heavy atom. The van der Waals surface area contributed by atoms with E-state index in [9.17, 15) is 4.39 Å². The SMILES string of the molecule is Fc1ccc2c(c1)nnc1ccccc12. The van der Waals surface area contributed by atoms with Gasteiger partial charge in [-0.25, -0.2) is 4.39 Å². The Morgan fingerprint density at radius 2 is 1.53 bits per heavy atom. The fraction of sp³-hybridized carbons (Fsp3) is 0. The average Bonchev–Trinajstić information content (AvgIpc) is 2.28. The summed E-state index contributed by atoms with van der Waals surface area (Å²) < 4.78 is 13.0. The second-order valence-electron chi connectivity index (χ2n) is 3.38. The summed E-state index contributed by atoms with van der Waals surface area (Å²) in [6.07, 6.45) is 0. The van der Waals surface area contributed by atoms with Crippen molar-refractivity contribution in [1.29, 1.82) is 0 Å². The van der Waals surface area contributed by atoms with Crippen LogP contribution >= 0.6 is 0 Å². The third-order valence-corrected chi connectivity index (χ3v) is 2.42. The topological polar surface area (TPSA) is 25.8 Å². The molecular formula is C12H7FN2. The fourth-order valence-corrected chi connectivity index (χ4v) is 1.71. The molecule has 3 aromatic rings. The largest absolute Gasteiger partial charge is 0.207 e. The van der Waals surface area contributed by atoms with Gasteiger partial charge >= 0.3 is 0 Å². The lowest BCUT2D eigenvalue weighted by molar-refractivity contribution is 0.629. The molecule has 0 atom stereocenters. The van der Waals surface area contributed by atoms with Crippen molar-refractivity contribution < 1.29 is 4.39 Å². The highest BCUT2D eigenvalue weighted by Crippen LogP contribution is 2.21. The van der Waals surface area contributed by atoms with E-state index >= 15 is 0 Å². The Morgan fingerprint density at radius 1 is 0.800 bits per heavy atom. The summed E-state index contributed by atoms with van der Waals surface area (Å²) in [7, 11) is 0. The van der Waals surface area contributed by atoms with Crippen molar-refractivity contribution in [2.45, 2.75) is 0 Å². The van der Waals surface area contributed by atoms with Crippen LogP contribution in [0.3, 0.4) is 0 Å². The molecule has 1 heterocycles. The van der Waals surface area contributed by atoms with E-state index in [2.05, 4.69) is 10.2 Å². The molecule has 15 heavy (non-hydrogen) atoms. The number of halogens is 1. The van der Waals surface area contributed by atoms with Crippen LogP contribution in [-0.4, -0.2) is 10.2 Å². The van der Waals surface area contributed by atoms with Gasteiger partial charge in [-0.05, 0) is 18.2 Å². The first kappa shape index (κ1) is 8.29. The Labute approximate surface area is 85.4 Å². The van der Waals surface area contributed by atoms with Crippen LogP contribution in [0.25, 0.3) is 21.8 Å². The van der Waals surface area contributed by atoms with Crippen molar-refractivity contribution in [2.75, 3.05) is 0 Å². The van der Waals surface area contributed by atoms with Crippen LogP contribution in [0, 0.1) is 5.82 Å². The molecule has 0 radical (unpaired) electrons. The molecule has 1 aromatic heterocycles. The van der Waals surface area contributed by atoms with Gasteiger partial charge in [0.05, 0.1) is 11.0 Å². The monoisotopic (exact) mass is 198 g/mol. The minimum absolute atomic E-state index is 0.285. The van der Waals surface area contributed by atoms with Crippen molar-refractivity contribution in [3.63, 3.8) is 0 Å². The van der Waals surface area contributed by atoms with E-state index in [-0.39, 0.29) is 5.82 Å². The van der Waals surface area contributed by atoms with E-state index < -0.39 is 0 Å². The molecule has 2 nitrogen and oxygen atoms in total. The zero-order valence-corrected chi connectivity index (χ0v) is 7.81. The highest BCUT2D eigenvalue weighted by molar-refractivity contribution is 6.03. The van der Waals surface area contributed by atoms with Crippen molar-refractivity contribution >= 4 is 21.8 Å². The molecule has 0 fully saturated rings. The quantitative estimate of drug-likeness (QED) is 0.519. The van der Waals surface area contributed by atoms with E-state index in [0.717, 1.165) is 16.3 Å². The van der Waals surface area contributed by atoms with Crippen LogP contribution < -0.4 is 0 Å². The van der Waals surface area contributed by atoms with Crippen LogP contribution in [-0.2, 0) is 0 Å². The normalized spacial score (nSPS) is 11.0. The number of aromatic nitrogens is 2. The predicted molar refractivity (Wildman–Crippen MR) is 57.0 cm³/mol.